The summed E-state index contributed by atoms with van der Waals surface area (Å²) in [6.07, 6.45) is 3.61. The van der Waals surface area contributed by atoms with Crippen molar-refractivity contribution in [2.75, 3.05) is 6.54 Å². The first-order chi connectivity index (χ1) is 8.90. The highest BCUT2D eigenvalue weighted by molar-refractivity contribution is 5.15. The van der Waals surface area contributed by atoms with Gasteiger partial charge in [0.25, 0.3) is 0 Å². The normalized spacial score (nSPS) is 11.9. The van der Waals surface area contributed by atoms with Crippen LogP contribution in [0.1, 0.15) is 23.8 Å². The number of nitrogens with zero attached hydrogens (tertiary/aromatic N) is 1. The summed E-state index contributed by atoms with van der Waals surface area (Å²) in [5.41, 5.74) is 1.32. The van der Waals surface area contributed by atoms with Gasteiger partial charge in [0, 0.05) is 0 Å². The first-order valence-electron chi connectivity index (χ1n) is 6.10. The standard InChI is InChI=1S/C15H16N2O/c16-12-14(15-9-5-11-18-15)17-10-4-8-13-6-2-1-3-7-13/h1-3,5-7,9,11,14,17H,4,8,10H2. The summed E-state index contributed by atoms with van der Waals surface area (Å²) in [6.45, 7) is 0.799. The second kappa shape index (κ2) is 6.63. The monoisotopic (exact) mass is 240 g/mol. The number of aryl methyl sites for hydroxylation is 1. The summed E-state index contributed by atoms with van der Waals surface area (Å²) in [5, 5.41) is 12.2. The van der Waals surface area contributed by atoms with Crippen molar-refractivity contribution >= 4 is 0 Å². The largest absolute Gasteiger partial charge is 0.467 e. The summed E-state index contributed by atoms with van der Waals surface area (Å²) in [4.78, 5) is 0. The summed E-state index contributed by atoms with van der Waals surface area (Å²) in [6, 6.07) is 15.8. The van der Waals surface area contributed by atoms with Crippen molar-refractivity contribution in [2.45, 2.75) is 18.9 Å². The Hall–Kier alpha value is -2.05. The van der Waals surface area contributed by atoms with Crippen molar-refractivity contribution in [1.82, 2.24) is 5.32 Å². The van der Waals surface area contributed by atoms with E-state index in [9.17, 15) is 0 Å². The lowest BCUT2D eigenvalue weighted by Crippen LogP contribution is -2.21. The molecular formula is C15H16N2O. The Morgan fingerprint density at radius 1 is 1.17 bits per heavy atom. The van der Waals surface area contributed by atoms with Gasteiger partial charge in [-0.1, -0.05) is 30.3 Å². The lowest BCUT2D eigenvalue weighted by molar-refractivity contribution is 0.455. The van der Waals surface area contributed by atoms with Crippen molar-refractivity contribution in [3.63, 3.8) is 0 Å². The number of benzene rings is 1. The minimum Gasteiger partial charge on any atom is -0.467 e. The Bertz CT molecular complexity index is 485. The highest BCUT2D eigenvalue weighted by Gasteiger charge is 2.11. The summed E-state index contributed by atoms with van der Waals surface area (Å²) in [7, 11) is 0. The maximum atomic E-state index is 9.04. The Morgan fingerprint density at radius 2 is 2.00 bits per heavy atom. The maximum Gasteiger partial charge on any atom is 0.154 e. The van der Waals surface area contributed by atoms with Crippen LogP contribution in [-0.4, -0.2) is 6.54 Å². The molecule has 0 saturated heterocycles. The highest BCUT2D eigenvalue weighted by Crippen LogP contribution is 2.12. The van der Waals surface area contributed by atoms with E-state index < -0.39 is 0 Å². The zero-order valence-corrected chi connectivity index (χ0v) is 10.2. The lowest BCUT2D eigenvalue weighted by atomic mass is 10.1. The van der Waals surface area contributed by atoms with Crippen LogP contribution in [0.5, 0.6) is 0 Å². The Balaban J connectivity index is 1.74. The molecule has 18 heavy (non-hydrogen) atoms. The number of furan rings is 1. The van der Waals surface area contributed by atoms with Gasteiger partial charge >= 0.3 is 0 Å². The molecule has 2 aromatic rings. The van der Waals surface area contributed by atoms with Gasteiger partial charge in [0.05, 0.1) is 12.3 Å². The van der Waals surface area contributed by atoms with Gasteiger partial charge in [-0.25, -0.2) is 0 Å². The van der Waals surface area contributed by atoms with Crippen LogP contribution >= 0.6 is 0 Å². The number of rotatable bonds is 6. The summed E-state index contributed by atoms with van der Waals surface area (Å²) in [5.74, 6) is 0.678. The van der Waals surface area contributed by atoms with Crippen LogP contribution in [0.25, 0.3) is 0 Å². The fraction of sp³-hybridized carbons (Fsp3) is 0.267. The molecule has 0 aliphatic rings. The molecule has 1 aromatic carbocycles. The van der Waals surface area contributed by atoms with Crippen LogP contribution in [0.15, 0.2) is 53.1 Å². The smallest absolute Gasteiger partial charge is 0.154 e. The molecule has 92 valence electrons. The molecule has 0 aliphatic heterocycles. The fourth-order valence-electron chi connectivity index (χ4n) is 1.85. The molecule has 1 atom stereocenters. The summed E-state index contributed by atoms with van der Waals surface area (Å²) >= 11 is 0. The molecule has 0 amide bonds. The van der Waals surface area contributed by atoms with E-state index >= 15 is 0 Å². The topological polar surface area (TPSA) is 49.0 Å². The molecule has 3 heteroatoms. The number of nitriles is 1. The van der Waals surface area contributed by atoms with Crippen molar-refractivity contribution < 1.29 is 4.42 Å². The molecular weight excluding hydrogens is 224 g/mol. The van der Waals surface area contributed by atoms with E-state index in [1.807, 2.05) is 24.3 Å². The molecule has 0 fully saturated rings. The molecule has 1 N–H and O–H groups in total. The second-order valence-electron chi connectivity index (χ2n) is 4.12. The molecule has 1 aromatic heterocycles. The first-order valence-corrected chi connectivity index (χ1v) is 6.10. The van der Waals surface area contributed by atoms with E-state index in [0.717, 1.165) is 19.4 Å². The molecule has 0 saturated carbocycles. The van der Waals surface area contributed by atoms with Crippen LogP contribution in [-0.2, 0) is 6.42 Å². The number of nitrogens with one attached hydrogen (secondary N) is 1. The van der Waals surface area contributed by atoms with Gasteiger partial charge in [-0.3, -0.25) is 5.32 Å². The third kappa shape index (κ3) is 3.47. The molecule has 0 radical (unpaired) electrons. The number of hydrogen-bond donors (Lipinski definition) is 1. The van der Waals surface area contributed by atoms with E-state index in [-0.39, 0.29) is 6.04 Å². The third-order valence-electron chi connectivity index (χ3n) is 2.79. The third-order valence-corrected chi connectivity index (χ3v) is 2.79. The fourth-order valence-corrected chi connectivity index (χ4v) is 1.85. The Labute approximate surface area is 107 Å². The lowest BCUT2D eigenvalue weighted by Gasteiger charge is -2.08. The van der Waals surface area contributed by atoms with Crippen LogP contribution < -0.4 is 5.32 Å². The second-order valence-corrected chi connectivity index (χ2v) is 4.12. The van der Waals surface area contributed by atoms with E-state index in [1.54, 1.807) is 12.3 Å². The number of hydrogen-bond acceptors (Lipinski definition) is 3. The molecule has 3 nitrogen and oxygen atoms in total. The quantitative estimate of drug-likeness (QED) is 0.789. The molecule has 0 spiro atoms. The minimum atomic E-state index is -0.351. The van der Waals surface area contributed by atoms with Crippen LogP contribution in [0, 0.1) is 11.3 Å². The molecule has 2 rings (SSSR count). The average molecular weight is 240 g/mol. The van der Waals surface area contributed by atoms with Crippen LogP contribution in [0.4, 0.5) is 0 Å². The van der Waals surface area contributed by atoms with Gasteiger partial charge in [-0.15, -0.1) is 0 Å². The van der Waals surface area contributed by atoms with Crippen molar-refractivity contribution in [2.24, 2.45) is 0 Å². The SMILES string of the molecule is N#CC(NCCCc1ccccc1)c1ccco1. The van der Waals surface area contributed by atoms with Gasteiger partial charge in [0.1, 0.15) is 5.76 Å². The molecule has 1 unspecified atom stereocenters. The zero-order valence-electron chi connectivity index (χ0n) is 10.2. The van der Waals surface area contributed by atoms with Gasteiger partial charge in [0.15, 0.2) is 6.04 Å². The maximum absolute atomic E-state index is 9.04. The van der Waals surface area contributed by atoms with E-state index in [4.69, 9.17) is 9.68 Å². The predicted octanol–water partition coefficient (Wildman–Crippen LogP) is 3.07. The van der Waals surface area contributed by atoms with Crippen molar-refractivity contribution in [3.05, 3.63) is 60.1 Å². The molecule has 1 heterocycles. The van der Waals surface area contributed by atoms with E-state index in [2.05, 4.69) is 23.5 Å². The molecule has 0 bridgehead atoms. The Morgan fingerprint density at radius 3 is 2.67 bits per heavy atom. The van der Waals surface area contributed by atoms with Gasteiger partial charge in [-0.05, 0) is 37.1 Å². The summed E-state index contributed by atoms with van der Waals surface area (Å²) < 4.78 is 5.22. The zero-order chi connectivity index (χ0) is 12.6. The molecule has 0 aliphatic carbocycles. The van der Waals surface area contributed by atoms with Crippen LogP contribution in [0.3, 0.4) is 0 Å². The van der Waals surface area contributed by atoms with Crippen molar-refractivity contribution in [1.29, 1.82) is 5.26 Å². The van der Waals surface area contributed by atoms with E-state index in [1.165, 1.54) is 5.56 Å². The van der Waals surface area contributed by atoms with Crippen molar-refractivity contribution in [3.8, 4) is 6.07 Å². The highest BCUT2D eigenvalue weighted by atomic mass is 16.3. The predicted molar refractivity (Wildman–Crippen MR) is 69.8 cm³/mol. The van der Waals surface area contributed by atoms with E-state index in [0.29, 0.717) is 5.76 Å². The average Bonchev–Trinajstić information content (AvgIpc) is 2.94. The minimum absolute atomic E-state index is 0.351. The van der Waals surface area contributed by atoms with Gasteiger partial charge in [-0.2, -0.15) is 5.26 Å². The van der Waals surface area contributed by atoms with Crippen LogP contribution in [0.2, 0.25) is 0 Å². The Kier molecular flexibility index (Phi) is 4.57. The van der Waals surface area contributed by atoms with Gasteiger partial charge < -0.3 is 4.42 Å². The van der Waals surface area contributed by atoms with Gasteiger partial charge in [0.2, 0.25) is 0 Å². The first kappa shape index (κ1) is 12.4.